The summed E-state index contributed by atoms with van der Waals surface area (Å²) in [7, 11) is -8.83. The Balaban J connectivity index is 0.978. The molecule has 6 aromatic rings. The van der Waals surface area contributed by atoms with Gasteiger partial charge in [0, 0.05) is 24.2 Å². The van der Waals surface area contributed by atoms with Gasteiger partial charge in [0.2, 0.25) is 0 Å². The smallest absolute Gasteiger partial charge is 0.304 e. The van der Waals surface area contributed by atoms with Crippen LogP contribution in [-0.4, -0.2) is 70.4 Å². The van der Waals surface area contributed by atoms with E-state index < -0.39 is 32.1 Å². The summed E-state index contributed by atoms with van der Waals surface area (Å²) in [4.78, 5) is 28.6. The van der Waals surface area contributed by atoms with E-state index in [4.69, 9.17) is 10.2 Å². The van der Waals surface area contributed by atoms with Crippen LogP contribution in [0.2, 0.25) is 0 Å². The number of carbonyl (C=O) groups excluding carboxylic acids is 2. The molecule has 0 spiro atoms. The van der Waals surface area contributed by atoms with Gasteiger partial charge in [0.1, 0.15) is 8.42 Å². The minimum Gasteiger partial charge on any atom is -0.351 e. The second-order valence-electron chi connectivity index (χ2n) is 14.3. The Morgan fingerprint density at radius 3 is 1.40 bits per heavy atom. The van der Waals surface area contributed by atoms with Gasteiger partial charge in [-0.3, -0.25) is 28.1 Å². The van der Waals surface area contributed by atoms with Crippen molar-refractivity contribution in [3.8, 4) is 21.1 Å². The molecular formula is C39H38N6O8S4. The highest BCUT2D eigenvalue weighted by Gasteiger charge is 2.33. The third-order valence-electron chi connectivity index (χ3n) is 10.2. The largest absolute Gasteiger partial charge is 0.351 e. The van der Waals surface area contributed by atoms with Crippen LogP contribution in [0.1, 0.15) is 71.9 Å². The molecule has 2 aromatic carbocycles. The molecule has 4 N–H and O–H groups in total. The van der Waals surface area contributed by atoms with E-state index in [0.29, 0.717) is 77.5 Å². The van der Waals surface area contributed by atoms with Crippen LogP contribution in [-0.2, 0) is 59.0 Å². The fraction of sp³-hybridized carbons (Fsp3) is 0.282. The topological polar surface area (TPSA) is 203 Å². The van der Waals surface area contributed by atoms with E-state index >= 15 is 0 Å². The second kappa shape index (κ2) is 15.1. The van der Waals surface area contributed by atoms with Crippen molar-refractivity contribution in [3.05, 3.63) is 117 Å². The quantitative estimate of drug-likeness (QED) is 0.0902. The number of carbonyl (C=O) groups is 2. The van der Waals surface area contributed by atoms with Gasteiger partial charge >= 0.3 is 20.2 Å². The van der Waals surface area contributed by atoms with E-state index in [1.165, 1.54) is 12.1 Å². The van der Waals surface area contributed by atoms with E-state index in [2.05, 4.69) is 10.6 Å². The lowest BCUT2D eigenvalue weighted by Gasteiger charge is -2.15. The fourth-order valence-electron chi connectivity index (χ4n) is 7.32. The molecule has 0 unspecified atom stereocenters. The van der Waals surface area contributed by atoms with Crippen LogP contribution in [0.5, 0.6) is 0 Å². The van der Waals surface area contributed by atoms with Crippen LogP contribution in [0.4, 0.5) is 0 Å². The van der Waals surface area contributed by atoms with Crippen molar-refractivity contribution in [1.29, 1.82) is 0 Å². The Labute approximate surface area is 337 Å². The van der Waals surface area contributed by atoms with Crippen LogP contribution in [0.3, 0.4) is 0 Å². The molecule has 4 heterocycles. The fourth-order valence-corrected chi connectivity index (χ4v) is 11.3. The maximum atomic E-state index is 13.6. The number of aryl methyl sites for hydroxylation is 4. The number of nitrogens with zero attached hydrogens (tertiary/aromatic N) is 4. The van der Waals surface area contributed by atoms with Crippen molar-refractivity contribution >= 4 is 54.7 Å². The first-order chi connectivity index (χ1) is 27.1. The molecule has 57 heavy (non-hydrogen) atoms. The molecule has 14 nitrogen and oxygen atoms in total. The highest BCUT2D eigenvalue weighted by atomic mass is 32.3. The van der Waals surface area contributed by atoms with E-state index in [1.807, 2.05) is 62.4 Å². The van der Waals surface area contributed by atoms with Gasteiger partial charge < -0.3 is 10.6 Å². The number of hydrogen-bond donors (Lipinski definition) is 4. The maximum absolute atomic E-state index is 13.6. The summed E-state index contributed by atoms with van der Waals surface area (Å²) in [6, 6.07) is 18.8. The minimum atomic E-state index is -4.41. The molecule has 0 aliphatic heterocycles. The predicted octanol–water partition coefficient (Wildman–Crippen LogP) is 5.49. The third kappa shape index (κ3) is 7.84. The summed E-state index contributed by atoms with van der Waals surface area (Å²) in [5.74, 6) is -0.787. The number of rotatable bonds is 12. The average molecular weight is 847 g/mol. The molecule has 0 radical (unpaired) electrons. The van der Waals surface area contributed by atoms with Crippen LogP contribution in [0.25, 0.3) is 21.1 Å². The predicted molar refractivity (Wildman–Crippen MR) is 215 cm³/mol. The SMILES string of the molecule is Cc1ccc(Cn2nc(C(=O)NCCCNC(=O)c3nn(Cc4ccc(C)cc4)c4c3CCc3cc(S(=O)(=O)O)sc3-4)c3c2-c2sc(S(=O)(=O)O)cc2CC3)cc1. The Bertz CT molecular complexity index is 2590. The molecule has 0 saturated heterocycles. The number of fused-ring (bicyclic) bond motifs is 6. The van der Waals surface area contributed by atoms with Crippen molar-refractivity contribution in [2.45, 2.75) is 67.5 Å². The number of nitrogens with one attached hydrogen (secondary N) is 2. The summed E-state index contributed by atoms with van der Waals surface area (Å²) in [6.07, 6.45) is 2.28. The molecule has 8 rings (SSSR count). The number of amides is 2. The summed E-state index contributed by atoms with van der Waals surface area (Å²) in [6.45, 7) is 5.13. The Kier molecular flexibility index (Phi) is 10.3. The van der Waals surface area contributed by atoms with Crippen LogP contribution in [0, 0.1) is 13.8 Å². The van der Waals surface area contributed by atoms with Crippen molar-refractivity contribution in [2.24, 2.45) is 0 Å². The maximum Gasteiger partial charge on any atom is 0.304 e. The molecule has 18 heteroatoms. The van der Waals surface area contributed by atoms with Crippen LogP contribution >= 0.6 is 22.7 Å². The molecule has 0 atom stereocenters. The zero-order chi connectivity index (χ0) is 40.2. The molecule has 2 aliphatic rings. The summed E-state index contributed by atoms with van der Waals surface area (Å²) in [5.41, 5.74) is 8.83. The lowest BCUT2D eigenvalue weighted by molar-refractivity contribution is 0.0944. The summed E-state index contributed by atoms with van der Waals surface area (Å²) < 4.78 is 70.7. The molecule has 296 valence electrons. The third-order valence-corrected chi connectivity index (χ3v) is 15.1. The standard InChI is InChI=1S/C39H38N6O8S4/c1-22-4-8-24(9-5-22)20-44-34-28(14-12-26-18-30(54-36(26)34)56(48,49)50)32(42-44)38(46)40-16-3-17-41-39(47)33-29-15-13-27-19-31(57(51,52)53)55-37(27)35(29)45(43-33)21-25-10-6-23(2)7-11-25/h4-11,18-19H,3,12-17,20-21H2,1-2H3,(H,40,46)(H,41,47)(H,48,49,50)(H,51,52,53). The zero-order valence-electron chi connectivity index (χ0n) is 30.9. The van der Waals surface area contributed by atoms with Crippen molar-refractivity contribution in [3.63, 3.8) is 0 Å². The van der Waals surface area contributed by atoms with Crippen molar-refractivity contribution in [2.75, 3.05) is 13.1 Å². The van der Waals surface area contributed by atoms with Gasteiger partial charge in [-0.1, -0.05) is 59.7 Å². The molecule has 2 aliphatic carbocycles. The van der Waals surface area contributed by atoms with E-state index in [9.17, 15) is 35.5 Å². The van der Waals surface area contributed by atoms with Gasteiger partial charge in [0.05, 0.1) is 34.2 Å². The van der Waals surface area contributed by atoms with Crippen LogP contribution < -0.4 is 10.6 Å². The van der Waals surface area contributed by atoms with Gasteiger partial charge in [0.15, 0.2) is 11.4 Å². The number of thiophene rings is 2. The van der Waals surface area contributed by atoms with Gasteiger partial charge in [-0.15, -0.1) is 22.7 Å². The first-order valence-corrected chi connectivity index (χ1v) is 22.7. The lowest BCUT2D eigenvalue weighted by atomic mass is 9.94. The number of hydrogen-bond acceptors (Lipinski definition) is 10. The second-order valence-corrected chi connectivity index (χ2v) is 19.7. The molecule has 0 fully saturated rings. The Hall–Kier alpha value is -4.98. The van der Waals surface area contributed by atoms with Gasteiger partial charge in [-0.25, -0.2) is 0 Å². The molecular weight excluding hydrogens is 809 g/mol. The monoisotopic (exact) mass is 846 g/mol. The molecule has 0 bridgehead atoms. The molecule has 2 amide bonds. The van der Waals surface area contributed by atoms with Gasteiger partial charge in [0.25, 0.3) is 11.8 Å². The van der Waals surface area contributed by atoms with Crippen LogP contribution in [0.15, 0.2) is 69.1 Å². The van der Waals surface area contributed by atoms with Gasteiger partial charge in [-0.2, -0.15) is 27.0 Å². The van der Waals surface area contributed by atoms with Crippen molar-refractivity contribution in [1.82, 2.24) is 30.2 Å². The molecule has 0 saturated carbocycles. The molecule has 4 aromatic heterocycles. The van der Waals surface area contributed by atoms with Gasteiger partial charge in [-0.05, 0) is 80.3 Å². The zero-order valence-corrected chi connectivity index (χ0v) is 34.2. The van der Waals surface area contributed by atoms with E-state index in [-0.39, 0.29) is 32.9 Å². The highest BCUT2D eigenvalue weighted by molar-refractivity contribution is 7.88. The normalized spacial score (nSPS) is 13.4. The van der Waals surface area contributed by atoms with E-state index in [0.717, 1.165) is 56.1 Å². The Morgan fingerprint density at radius 1 is 0.649 bits per heavy atom. The van der Waals surface area contributed by atoms with E-state index in [1.54, 1.807) is 9.36 Å². The van der Waals surface area contributed by atoms with Crippen molar-refractivity contribution < 1.29 is 35.5 Å². The first-order valence-electron chi connectivity index (χ1n) is 18.2. The number of aromatic nitrogens is 4. The first kappa shape index (κ1) is 38.9. The number of benzene rings is 2. The summed E-state index contributed by atoms with van der Waals surface area (Å²) >= 11 is 1.92. The summed E-state index contributed by atoms with van der Waals surface area (Å²) in [5, 5.41) is 15.3. The lowest BCUT2D eigenvalue weighted by Crippen LogP contribution is -2.31. The Morgan fingerprint density at radius 2 is 1.04 bits per heavy atom. The highest BCUT2D eigenvalue weighted by Crippen LogP contribution is 2.44. The minimum absolute atomic E-state index is 0.155. The average Bonchev–Trinajstić information content (AvgIpc) is 3.95.